The van der Waals surface area contributed by atoms with Gasteiger partial charge >= 0.3 is 0 Å². The molecule has 0 aromatic heterocycles. The Morgan fingerprint density at radius 1 is 1.33 bits per heavy atom. The molecule has 0 saturated heterocycles. The summed E-state index contributed by atoms with van der Waals surface area (Å²) >= 11 is 0. The van der Waals surface area contributed by atoms with Crippen molar-refractivity contribution in [1.82, 2.24) is 0 Å². The normalized spacial score (nSPS) is 8.67. The standard InChI is InChI=1S/C5H8O4/c1-2-5(8-3-6)9-4-7/h3-5H,2H2,1H3. The van der Waals surface area contributed by atoms with Crippen LogP contribution in [-0.2, 0) is 19.1 Å². The van der Waals surface area contributed by atoms with Crippen LogP contribution in [0, 0.1) is 0 Å². The fourth-order valence-electron chi connectivity index (χ4n) is 0.348. The molecule has 0 spiro atoms. The van der Waals surface area contributed by atoms with E-state index in [9.17, 15) is 9.59 Å². The minimum atomic E-state index is -0.722. The van der Waals surface area contributed by atoms with Gasteiger partial charge in [-0.25, -0.2) is 0 Å². The molecule has 0 aliphatic rings. The SMILES string of the molecule is CCC(OC=O)OC=O. The lowest BCUT2D eigenvalue weighted by Gasteiger charge is -2.08. The van der Waals surface area contributed by atoms with E-state index in [-0.39, 0.29) is 12.9 Å². The number of hydrogen-bond acceptors (Lipinski definition) is 4. The molecular weight excluding hydrogens is 124 g/mol. The highest BCUT2D eigenvalue weighted by Gasteiger charge is 2.03. The molecule has 0 rings (SSSR count). The van der Waals surface area contributed by atoms with Crippen molar-refractivity contribution >= 4 is 12.9 Å². The molecule has 52 valence electrons. The second-order valence-electron chi connectivity index (χ2n) is 1.30. The number of ether oxygens (including phenoxy) is 2. The molecule has 0 atom stereocenters. The lowest BCUT2D eigenvalue weighted by molar-refractivity contribution is -0.169. The maximum Gasteiger partial charge on any atom is 0.296 e. The van der Waals surface area contributed by atoms with Crippen molar-refractivity contribution in [2.24, 2.45) is 0 Å². The molecule has 0 amide bonds. The number of carbonyl (C=O) groups is 2. The van der Waals surface area contributed by atoms with Crippen molar-refractivity contribution in [3.63, 3.8) is 0 Å². The van der Waals surface area contributed by atoms with E-state index in [2.05, 4.69) is 9.47 Å². The van der Waals surface area contributed by atoms with Gasteiger partial charge in [-0.15, -0.1) is 0 Å². The molecule has 0 saturated carbocycles. The summed E-state index contributed by atoms with van der Waals surface area (Å²) in [7, 11) is 0. The van der Waals surface area contributed by atoms with Gasteiger partial charge in [-0.2, -0.15) is 0 Å². The van der Waals surface area contributed by atoms with Crippen LogP contribution in [0.4, 0.5) is 0 Å². The average molecular weight is 132 g/mol. The highest BCUT2D eigenvalue weighted by atomic mass is 16.7. The zero-order chi connectivity index (χ0) is 7.11. The van der Waals surface area contributed by atoms with Gasteiger partial charge in [0.2, 0.25) is 6.29 Å². The molecule has 0 aliphatic carbocycles. The Labute approximate surface area is 52.7 Å². The highest BCUT2D eigenvalue weighted by Crippen LogP contribution is 1.94. The smallest absolute Gasteiger partial charge is 0.296 e. The molecule has 0 aromatic rings. The Morgan fingerprint density at radius 3 is 2.00 bits per heavy atom. The first-order valence-electron chi connectivity index (χ1n) is 2.53. The van der Waals surface area contributed by atoms with E-state index in [0.717, 1.165) is 0 Å². The predicted octanol–water partition coefficient (Wildman–Crippen LogP) is 0.0685. The summed E-state index contributed by atoms with van der Waals surface area (Å²) in [6.45, 7) is 2.23. The molecule has 0 fully saturated rings. The number of carbonyl (C=O) groups excluding carboxylic acids is 2. The summed E-state index contributed by atoms with van der Waals surface area (Å²) in [4.78, 5) is 19.3. The highest BCUT2D eigenvalue weighted by molar-refractivity contribution is 5.39. The summed E-state index contributed by atoms with van der Waals surface area (Å²) < 4.78 is 8.60. The fraction of sp³-hybridized carbons (Fsp3) is 0.600. The van der Waals surface area contributed by atoms with Crippen molar-refractivity contribution in [2.75, 3.05) is 0 Å². The molecule has 4 nitrogen and oxygen atoms in total. The molecule has 0 bridgehead atoms. The third-order valence-corrected chi connectivity index (χ3v) is 0.748. The summed E-state index contributed by atoms with van der Waals surface area (Å²) in [5.41, 5.74) is 0. The van der Waals surface area contributed by atoms with Crippen molar-refractivity contribution in [3.05, 3.63) is 0 Å². The van der Waals surface area contributed by atoms with Gasteiger partial charge in [0.1, 0.15) is 0 Å². The average Bonchev–Trinajstić information content (AvgIpc) is 1.88. The van der Waals surface area contributed by atoms with Gasteiger partial charge in [-0.3, -0.25) is 9.59 Å². The van der Waals surface area contributed by atoms with Crippen LogP contribution in [-0.4, -0.2) is 19.2 Å². The molecule has 0 radical (unpaired) electrons. The molecule has 0 aliphatic heterocycles. The first-order valence-corrected chi connectivity index (χ1v) is 2.53. The van der Waals surface area contributed by atoms with Crippen LogP contribution in [0.2, 0.25) is 0 Å². The summed E-state index contributed by atoms with van der Waals surface area (Å²) in [6.07, 6.45) is -0.253. The lowest BCUT2D eigenvalue weighted by atomic mass is 10.5. The zero-order valence-electron chi connectivity index (χ0n) is 5.07. The van der Waals surface area contributed by atoms with Gasteiger partial charge in [-0.1, -0.05) is 6.92 Å². The van der Waals surface area contributed by atoms with E-state index in [1.165, 1.54) is 0 Å². The zero-order valence-corrected chi connectivity index (χ0v) is 5.07. The summed E-state index contributed by atoms with van der Waals surface area (Å²) in [6, 6.07) is 0. The lowest BCUT2D eigenvalue weighted by Crippen LogP contribution is -2.13. The Morgan fingerprint density at radius 2 is 1.78 bits per heavy atom. The van der Waals surface area contributed by atoms with Gasteiger partial charge in [0.25, 0.3) is 12.9 Å². The van der Waals surface area contributed by atoms with Gasteiger partial charge in [0.15, 0.2) is 0 Å². The Hall–Kier alpha value is -1.06. The molecular formula is C5H8O4. The van der Waals surface area contributed by atoms with Crippen molar-refractivity contribution < 1.29 is 19.1 Å². The minimum absolute atomic E-state index is 0.248. The van der Waals surface area contributed by atoms with Crippen LogP contribution in [0.1, 0.15) is 13.3 Å². The second kappa shape index (κ2) is 5.08. The fourth-order valence-corrected chi connectivity index (χ4v) is 0.348. The van der Waals surface area contributed by atoms with E-state index < -0.39 is 6.29 Å². The van der Waals surface area contributed by atoms with Crippen LogP contribution in [0.3, 0.4) is 0 Å². The molecule has 0 aromatic carbocycles. The number of hydrogen-bond donors (Lipinski definition) is 0. The first-order chi connectivity index (χ1) is 4.35. The largest absolute Gasteiger partial charge is 0.427 e. The Bertz CT molecular complexity index is 81.0. The van der Waals surface area contributed by atoms with Gasteiger partial charge in [0, 0.05) is 6.42 Å². The van der Waals surface area contributed by atoms with E-state index in [1.54, 1.807) is 6.92 Å². The summed E-state index contributed by atoms with van der Waals surface area (Å²) in [5.74, 6) is 0. The topological polar surface area (TPSA) is 52.6 Å². The maximum atomic E-state index is 9.63. The van der Waals surface area contributed by atoms with Gasteiger partial charge in [-0.05, 0) is 0 Å². The van der Waals surface area contributed by atoms with Crippen LogP contribution in [0.25, 0.3) is 0 Å². The maximum absolute atomic E-state index is 9.63. The number of rotatable bonds is 5. The van der Waals surface area contributed by atoms with Gasteiger partial charge < -0.3 is 9.47 Å². The Balaban J connectivity index is 3.39. The van der Waals surface area contributed by atoms with Crippen LogP contribution >= 0.6 is 0 Å². The van der Waals surface area contributed by atoms with Gasteiger partial charge in [0.05, 0.1) is 0 Å². The third kappa shape index (κ3) is 3.52. The predicted molar refractivity (Wildman–Crippen MR) is 28.4 cm³/mol. The van der Waals surface area contributed by atoms with Crippen molar-refractivity contribution in [1.29, 1.82) is 0 Å². The minimum Gasteiger partial charge on any atom is -0.427 e. The van der Waals surface area contributed by atoms with Crippen LogP contribution < -0.4 is 0 Å². The van der Waals surface area contributed by atoms with Crippen LogP contribution in [0.15, 0.2) is 0 Å². The quantitative estimate of drug-likeness (QED) is 0.392. The molecule has 0 N–H and O–H groups in total. The molecule has 0 heterocycles. The molecule has 0 unspecified atom stereocenters. The third-order valence-electron chi connectivity index (χ3n) is 0.748. The molecule has 9 heavy (non-hydrogen) atoms. The first kappa shape index (κ1) is 7.94. The van der Waals surface area contributed by atoms with Crippen molar-refractivity contribution in [3.8, 4) is 0 Å². The van der Waals surface area contributed by atoms with E-state index in [1.807, 2.05) is 0 Å². The Kier molecular flexibility index (Phi) is 4.49. The van der Waals surface area contributed by atoms with Crippen LogP contribution in [0.5, 0.6) is 0 Å². The van der Waals surface area contributed by atoms with E-state index >= 15 is 0 Å². The monoisotopic (exact) mass is 132 g/mol. The van der Waals surface area contributed by atoms with E-state index in [4.69, 9.17) is 0 Å². The van der Waals surface area contributed by atoms with Crippen molar-refractivity contribution in [2.45, 2.75) is 19.6 Å². The van der Waals surface area contributed by atoms with E-state index in [0.29, 0.717) is 6.42 Å². The second-order valence-corrected chi connectivity index (χ2v) is 1.30. The molecule has 4 heteroatoms. The summed E-state index contributed by atoms with van der Waals surface area (Å²) in [5, 5.41) is 0.